The fraction of sp³-hybridized carbons (Fsp3) is 0.125. The van der Waals surface area contributed by atoms with E-state index >= 15 is 0 Å². The van der Waals surface area contributed by atoms with Crippen LogP contribution in [0.5, 0.6) is 11.5 Å². The van der Waals surface area contributed by atoms with Gasteiger partial charge in [0.15, 0.2) is 16.6 Å². The summed E-state index contributed by atoms with van der Waals surface area (Å²) >= 11 is 7.48. The standard InChI is InChI=1S/C16H11ClN2O3S/c17-10-2-1-3-13-14(10)18-16(23-13)19-15(20)9-4-5-11-12(8-9)22-7-6-21-11/h1-5,8H,6-7H2,(H,18,19,20). The van der Waals surface area contributed by atoms with Gasteiger partial charge >= 0.3 is 0 Å². The largest absolute Gasteiger partial charge is 0.486 e. The van der Waals surface area contributed by atoms with E-state index in [1.54, 1.807) is 24.3 Å². The van der Waals surface area contributed by atoms with Gasteiger partial charge in [-0.3, -0.25) is 10.1 Å². The predicted octanol–water partition coefficient (Wildman–Crippen LogP) is 3.97. The van der Waals surface area contributed by atoms with Gasteiger partial charge < -0.3 is 9.47 Å². The molecule has 1 amide bonds. The fourth-order valence-corrected chi connectivity index (χ4v) is 3.48. The summed E-state index contributed by atoms with van der Waals surface area (Å²) in [7, 11) is 0. The van der Waals surface area contributed by atoms with E-state index < -0.39 is 0 Å². The number of halogens is 1. The molecule has 2 aromatic carbocycles. The third kappa shape index (κ3) is 2.71. The molecule has 0 saturated carbocycles. The highest BCUT2D eigenvalue weighted by atomic mass is 35.5. The molecule has 0 aliphatic carbocycles. The number of carbonyl (C=O) groups is 1. The highest BCUT2D eigenvalue weighted by Crippen LogP contribution is 2.33. The van der Waals surface area contributed by atoms with E-state index in [4.69, 9.17) is 21.1 Å². The number of fused-ring (bicyclic) bond motifs is 2. The molecule has 1 aliphatic rings. The minimum absolute atomic E-state index is 0.253. The normalized spacial score (nSPS) is 13.1. The second-order valence-electron chi connectivity index (χ2n) is 4.92. The maximum Gasteiger partial charge on any atom is 0.257 e. The predicted molar refractivity (Wildman–Crippen MR) is 90.0 cm³/mol. The molecular formula is C16H11ClN2O3S. The molecule has 1 aliphatic heterocycles. The number of carbonyl (C=O) groups excluding carboxylic acids is 1. The number of benzene rings is 2. The molecule has 0 saturated heterocycles. The average molecular weight is 347 g/mol. The average Bonchev–Trinajstić information content (AvgIpc) is 2.98. The zero-order valence-corrected chi connectivity index (χ0v) is 13.4. The number of nitrogens with zero attached hydrogens (tertiary/aromatic N) is 1. The minimum Gasteiger partial charge on any atom is -0.486 e. The quantitative estimate of drug-likeness (QED) is 0.762. The van der Waals surface area contributed by atoms with Gasteiger partial charge in [-0.2, -0.15) is 0 Å². The van der Waals surface area contributed by atoms with Gasteiger partial charge in [-0.1, -0.05) is 29.0 Å². The Hall–Kier alpha value is -2.31. The molecule has 3 aromatic rings. The van der Waals surface area contributed by atoms with Crippen molar-refractivity contribution in [1.29, 1.82) is 0 Å². The number of hydrogen-bond acceptors (Lipinski definition) is 5. The number of anilines is 1. The van der Waals surface area contributed by atoms with Crippen molar-refractivity contribution < 1.29 is 14.3 Å². The first-order chi connectivity index (χ1) is 11.2. The lowest BCUT2D eigenvalue weighted by Crippen LogP contribution is -2.17. The van der Waals surface area contributed by atoms with Crippen molar-refractivity contribution in [2.45, 2.75) is 0 Å². The van der Waals surface area contributed by atoms with Gasteiger partial charge in [-0.25, -0.2) is 4.98 Å². The monoisotopic (exact) mass is 346 g/mol. The Labute approximate surface area is 140 Å². The third-order valence-corrected chi connectivity index (χ3v) is 4.64. The summed E-state index contributed by atoms with van der Waals surface area (Å²) in [5, 5.41) is 3.87. The summed E-state index contributed by atoms with van der Waals surface area (Å²) < 4.78 is 11.9. The van der Waals surface area contributed by atoms with Crippen LogP contribution in [-0.2, 0) is 0 Å². The summed E-state index contributed by atoms with van der Waals surface area (Å²) in [4.78, 5) is 16.8. The number of rotatable bonds is 2. The Morgan fingerprint density at radius 2 is 2.00 bits per heavy atom. The lowest BCUT2D eigenvalue weighted by Gasteiger charge is -2.18. The van der Waals surface area contributed by atoms with Crippen molar-refractivity contribution in [3.63, 3.8) is 0 Å². The summed E-state index contributed by atoms with van der Waals surface area (Å²) in [6, 6.07) is 10.6. The summed E-state index contributed by atoms with van der Waals surface area (Å²) in [5.74, 6) is 0.980. The molecule has 23 heavy (non-hydrogen) atoms. The highest BCUT2D eigenvalue weighted by Gasteiger charge is 2.16. The zero-order chi connectivity index (χ0) is 15.8. The second-order valence-corrected chi connectivity index (χ2v) is 6.36. The van der Waals surface area contributed by atoms with Crippen molar-refractivity contribution in [3.05, 3.63) is 47.0 Å². The number of hydrogen-bond donors (Lipinski definition) is 1. The van der Waals surface area contributed by atoms with E-state index in [1.807, 2.05) is 12.1 Å². The number of nitrogens with one attached hydrogen (secondary N) is 1. The molecular weight excluding hydrogens is 336 g/mol. The molecule has 2 heterocycles. The molecule has 0 atom stereocenters. The van der Waals surface area contributed by atoms with Crippen LogP contribution < -0.4 is 14.8 Å². The SMILES string of the molecule is O=C(Nc1nc2c(Cl)cccc2s1)c1ccc2c(c1)OCCO2. The van der Waals surface area contributed by atoms with Gasteiger partial charge in [0.1, 0.15) is 18.7 Å². The minimum atomic E-state index is -0.253. The highest BCUT2D eigenvalue weighted by molar-refractivity contribution is 7.22. The van der Waals surface area contributed by atoms with Gasteiger partial charge in [0.2, 0.25) is 0 Å². The first kappa shape index (κ1) is 14.3. The van der Waals surface area contributed by atoms with Crippen molar-refractivity contribution >= 4 is 44.2 Å². The van der Waals surface area contributed by atoms with E-state index in [9.17, 15) is 4.79 Å². The Balaban J connectivity index is 1.60. The van der Waals surface area contributed by atoms with Crippen LogP contribution in [-0.4, -0.2) is 24.1 Å². The Morgan fingerprint density at radius 3 is 2.83 bits per heavy atom. The molecule has 5 nitrogen and oxygen atoms in total. The fourth-order valence-electron chi connectivity index (χ4n) is 2.32. The van der Waals surface area contributed by atoms with Crippen molar-refractivity contribution in [1.82, 2.24) is 4.98 Å². The lowest BCUT2D eigenvalue weighted by atomic mass is 10.2. The number of aromatic nitrogens is 1. The number of ether oxygens (including phenoxy) is 2. The first-order valence-corrected chi connectivity index (χ1v) is 8.16. The van der Waals surface area contributed by atoms with Crippen LogP contribution in [0.1, 0.15) is 10.4 Å². The Kier molecular flexibility index (Phi) is 3.55. The van der Waals surface area contributed by atoms with Crippen LogP contribution in [0.4, 0.5) is 5.13 Å². The Bertz CT molecular complexity index is 909. The maximum absolute atomic E-state index is 12.4. The van der Waals surface area contributed by atoms with E-state index in [1.165, 1.54) is 11.3 Å². The molecule has 0 fully saturated rings. The molecule has 0 unspecified atom stereocenters. The topological polar surface area (TPSA) is 60.5 Å². The van der Waals surface area contributed by atoms with E-state index in [0.29, 0.717) is 45.9 Å². The van der Waals surface area contributed by atoms with Crippen LogP contribution in [0.15, 0.2) is 36.4 Å². The maximum atomic E-state index is 12.4. The number of para-hydroxylation sites is 1. The molecule has 7 heteroatoms. The van der Waals surface area contributed by atoms with Gasteiger partial charge in [0, 0.05) is 5.56 Å². The number of amides is 1. The number of thiazole rings is 1. The van der Waals surface area contributed by atoms with Crippen LogP contribution in [0.3, 0.4) is 0 Å². The summed E-state index contributed by atoms with van der Waals surface area (Å²) in [5.41, 5.74) is 1.18. The van der Waals surface area contributed by atoms with Gasteiger partial charge in [-0.05, 0) is 30.3 Å². The van der Waals surface area contributed by atoms with Gasteiger partial charge in [0.25, 0.3) is 5.91 Å². The summed E-state index contributed by atoms with van der Waals surface area (Å²) in [6.07, 6.45) is 0. The van der Waals surface area contributed by atoms with Crippen molar-refractivity contribution in [3.8, 4) is 11.5 Å². The van der Waals surface area contributed by atoms with Crippen LogP contribution in [0, 0.1) is 0 Å². The van der Waals surface area contributed by atoms with Crippen molar-refractivity contribution in [2.75, 3.05) is 18.5 Å². The van der Waals surface area contributed by atoms with Crippen LogP contribution >= 0.6 is 22.9 Å². The first-order valence-electron chi connectivity index (χ1n) is 6.97. The van der Waals surface area contributed by atoms with E-state index in [2.05, 4.69) is 10.3 Å². The molecule has 116 valence electrons. The molecule has 0 bridgehead atoms. The smallest absolute Gasteiger partial charge is 0.257 e. The van der Waals surface area contributed by atoms with E-state index in [-0.39, 0.29) is 5.91 Å². The molecule has 0 radical (unpaired) electrons. The third-order valence-electron chi connectivity index (χ3n) is 3.39. The van der Waals surface area contributed by atoms with Crippen LogP contribution in [0.25, 0.3) is 10.2 Å². The summed E-state index contributed by atoms with van der Waals surface area (Å²) in [6.45, 7) is 0.999. The molecule has 1 aromatic heterocycles. The van der Waals surface area contributed by atoms with Gasteiger partial charge in [0.05, 0.1) is 9.72 Å². The zero-order valence-electron chi connectivity index (χ0n) is 11.8. The Morgan fingerprint density at radius 1 is 1.17 bits per heavy atom. The van der Waals surface area contributed by atoms with Crippen molar-refractivity contribution in [2.24, 2.45) is 0 Å². The van der Waals surface area contributed by atoms with Crippen LogP contribution in [0.2, 0.25) is 5.02 Å². The molecule has 1 N–H and O–H groups in total. The molecule has 4 rings (SSSR count). The van der Waals surface area contributed by atoms with Gasteiger partial charge in [-0.15, -0.1) is 0 Å². The lowest BCUT2D eigenvalue weighted by molar-refractivity contribution is 0.102. The molecule has 0 spiro atoms. The van der Waals surface area contributed by atoms with E-state index in [0.717, 1.165) is 4.70 Å². The second kappa shape index (κ2) is 5.72.